The van der Waals surface area contributed by atoms with Crippen LogP contribution < -0.4 is 4.74 Å². The van der Waals surface area contributed by atoms with Crippen molar-refractivity contribution in [1.82, 2.24) is 9.88 Å². The third kappa shape index (κ3) is 3.02. The van der Waals surface area contributed by atoms with Crippen LogP contribution in [-0.4, -0.2) is 45.6 Å². The van der Waals surface area contributed by atoms with Crippen LogP contribution in [0.3, 0.4) is 0 Å². The van der Waals surface area contributed by atoms with Gasteiger partial charge < -0.3 is 14.7 Å². The molecule has 1 N–H and O–H groups in total. The van der Waals surface area contributed by atoms with Gasteiger partial charge in [0.25, 0.3) is 5.91 Å². The van der Waals surface area contributed by atoms with Gasteiger partial charge in [-0.2, -0.15) is 0 Å². The quantitative estimate of drug-likeness (QED) is 0.920. The van der Waals surface area contributed by atoms with Gasteiger partial charge in [0.1, 0.15) is 11.7 Å². The van der Waals surface area contributed by atoms with Crippen LogP contribution in [0, 0.1) is 11.8 Å². The Labute approximate surface area is 135 Å². The fraction of sp³-hybridized carbons (Fsp3) is 0.588. The molecule has 3 rings (SSSR count). The number of aliphatic carboxylic acids is 1. The van der Waals surface area contributed by atoms with Crippen molar-refractivity contribution < 1.29 is 19.4 Å². The van der Waals surface area contributed by atoms with E-state index < -0.39 is 12.0 Å². The molecular weight excluding hydrogens is 296 g/mol. The molecule has 0 bridgehead atoms. The molecule has 1 aliphatic carbocycles. The van der Waals surface area contributed by atoms with Crippen LogP contribution in [0.25, 0.3) is 0 Å². The molecule has 1 saturated heterocycles. The minimum Gasteiger partial charge on any atom is -0.480 e. The molecule has 1 aromatic heterocycles. The summed E-state index contributed by atoms with van der Waals surface area (Å²) in [7, 11) is 0. The first-order valence-corrected chi connectivity index (χ1v) is 8.15. The maximum Gasteiger partial charge on any atom is 0.326 e. The molecule has 2 aliphatic rings. The van der Waals surface area contributed by atoms with Gasteiger partial charge in [-0.15, -0.1) is 0 Å². The average Bonchev–Trinajstić information content (AvgIpc) is 3.05. The molecule has 0 radical (unpaired) electrons. The second-order valence-corrected chi connectivity index (χ2v) is 6.62. The third-order valence-electron chi connectivity index (χ3n) is 4.70. The highest BCUT2D eigenvalue weighted by atomic mass is 16.5. The number of rotatable bonds is 4. The van der Waals surface area contributed by atoms with E-state index in [9.17, 15) is 14.7 Å². The van der Waals surface area contributed by atoms with E-state index in [2.05, 4.69) is 4.98 Å². The van der Waals surface area contributed by atoms with Crippen molar-refractivity contribution in [2.45, 2.75) is 45.3 Å². The zero-order valence-corrected chi connectivity index (χ0v) is 13.4. The van der Waals surface area contributed by atoms with Crippen LogP contribution in [0.1, 0.15) is 43.6 Å². The smallest absolute Gasteiger partial charge is 0.326 e. The van der Waals surface area contributed by atoms with Crippen molar-refractivity contribution in [3.63, 3.8) is 0 Å². The van der Waals surface area contributed by atoms with E-state index >= 15 is 0 Å². The Kier molecular flexibility index (Phi) is 4.24. The van der Waals surface area contributed by atoms with E-state index in [0.29, 0.717) is 18.3 Å². The number of carbonyl (C=O) groups is 2. The zero-order chi connectivity index (χ0) is 16.6. The molecule has 0 spiro atoms. The number of likely N-dealkylation sites (tertiary alicyclic amines) is 1. The number of hydrogen-bond acceptors (Lipinski definition) is 4. The number of carbonyl (C=O) groups excluding carboxylic acids is 1. The van der Waals surface area contributed by atoms with Crippen LogP contribution >= 0.6 is 0 Å². The molecule has 2 heterocycles. The summed E-state index contributed by atoms with van der Waals surface area (Å²) in [6, 6.07) is 4.30. The van der Waals surface area contributed by atoms with Gasteiger partial charge >= 0.3 is 5.97 Å². The molecule has 0 aromatic carbocycles. The summed E-state index contributed by atoms with van der Waals surface area (Å²) in [4.78, 5) is 30.2. The molecule has 124 valence electrons. The first kappa shape index (κ1) is 15.8. The molecule has 1 aliphatic heterocycles. The number of hydrogen-bond donors (Lipinski definition) is 1. The fourth-order valence-corrected chi connectivity index (χ4v) is 3.82. The molecule has 3 atom stereocenters. The largest absolute Gasteiger partial charge is 0.480 e. The van der Waals surface area contributed by atoms with Gasteiger partial charge in [-0.05, 0) is 44.6 Å². The Morgan fingerprint density at radius 3 is 2.83 bits per heavy atom. The molecule has 0 unspecified atom stereocenters. The van der Waals surface area contributed by atoms with E-state index in [1.54, 1.807) is 18.2 Å². The van der Waals surface area contributed by atoms with Crippen LogP contribution in [-0.2, 0) is 4.79 Å². The minimum absolute atomic E-state index is 0.0363. The molecule has 23 heavy (non-hydrogen) atoms. The summed E-state index contributed by atoms with van der Waals surface area (Å²) < 4.78 is 5.52. The van der Waals surface area contributed by atoms with E-state index in [1.165, 1.54) is 4.90 Å². The molecule has 1 amide bonds. The second-order valence-electron chi connectivity index (χ2n) is 6.62. The Morgan fingerprint density at radius 2 is 2.13 bits per heavy atom. The first-order valence-electron chi connectivity index (χ1n) is 8.15. The number of carboxylic acid groups (broad SMARTS) is 1. The van der Waals surface area contributed by atoms with Crippen LogP contribution in [0.4, 0.5) is 0 Å². The van der Waals surface area contributed by atoms with Gasteiger partial charge in [0.2, 0.25) is 5.88 Å². The van der Waals surface area contributed by atoms with Gasteiger partial charge in [-0.3, -0.25) is 4.79 Å². The SMILES string of the molecule is CC(C)Oc1cccc(C(=O)N2C[C@@H]3CCC[C@H]3[C@H]2C(=O)O)n1. The molecule has 6 heteroatoms. The van der Waals surface area contributed by atoms with Crippen molar-refractivity contribution in [3.8, 4) is 5.88 Å². The zero-order valence-electron chi connectivity index (χ0n) is 13.4. The number of nitrogens with zero attached hydrogens (tertiary/aromatic N) is 2. The number of amides is 1. The van der Waals surface area contributed by atoms with Crippen molar-refractivity contribution in [2.75, 3.05) is 6.54 Å². The summed E-state index contributed by atoms with van der Waals surface area (Å²) in [5.41, 5.74) is 0.245. The van der Waals surface area contributed by atoms with E-state index in [1.807, 2.05) is 13.8 Å². The predicted octanol–water partition coefficient (Wildman–Crippen LogP) is 2.19. The topological polar surface area (TPSA) is 79.7 Å². The number of aromatic nitrogens is 1. The van der Waals surface area contributed by atoms with Crippen LogP contribution in [0.5, 0.6) is 5.88 Å². The van der Waals surface area contributed by atoms with Gasteiger partial charge in [0, 0.05) is 12.6 Å². The van der Waals surface area contributed by atoms with Gasteiger partial charge in [-0.1, -0.05) is 12.5 Å². The van der Waals surface area contributed by atoms with Crippen molar-refractivity contribution in [2.24, 2.45) is 11.8 Å². The Hall–Kier alpha value is -2.11. The lowest BCUT2D eigenvalue weighted by atomic mass is 9.94. The predicted molar refractivity (Wildman–Crippen MR) is 83.3 cm³/mol. The molecule has 2 fully saturated rings. The summed E-state index contributed by atoms with van der Waals surface area (Å²) in [5, 5.41) is 9.56. The lowest BCUT2D eigenvalue weighted by molar-refractivity contribution is -0.142. The van der Waals surface area contributed by atoms with Crippen molar-refractivity contribution in [1.29, 1.82) is 0 Å². The highest BCUT2D eigenvalue weighted by Crippen LogP contribution is 2.42. The third-order valence-corrected chi connectivity index (χ3v) is 4.70. The monoisotopic (exact) mass is 318 g/mol. The number of pyridine rings is 1. The highest BCUT2D eigenvalue weighted by molar-refractivity contribution is 5.95. The first-order chi connectivity index (χ1) is 11.0. The van der Waals surface area contributed by atoms with Gasteiger partial charge in [0.15, 0.2) is 0 Å². The minimum atomic E-state index is -0.915. The fourth-order valence-electron chi connectivity index (χ4n) is 3.82. The lowest BCUT2D eigenvalue weighted by Crippen LogP contribution is -2.43. The Bertz CT molecular complexity index is 616. The van der Waals surface area contributed by atoms with Crippen LogP contribution in [0.15, 0.2) is 18.2 Å². The second kappa shape index (κ2) is 6.18. The van der Waals surface area contributed by atoms with Gasteiger partial charge in [-0.25, -0.2) is 9.78 Å². The highest BCUT2D eigenvalue weighted by Gasteiger charge is 2.49. The summed E-state index contributed by atoms with van der Waals surface area (Å²) in [6.07, 6.45) is 2.90. The molecule has 1 saturated carbocycles. The number of ether oxygens (including phenoxy) is 1. The van der Waals surface area contributed by atoms with E-state index in [4.69, 9.17) is 4.74 Å². The van der Waals surface area contributed by atoms with Crippen molar-refractivity contribution >= 4 is 11.9 Å². The average molecular weight is 318 g/mol. The summed E-state index contributed by atoms with van der Waals surface area (Å²) in [6.45, 7) is 4.29. The molecular formula is C17H22N2O4. The molecule has 1 aromatic rings. The number of carboxylic acids is 1. The van der Waals surface area contributed by atoms with E-state index in [0.717, 1.165) is 19.3 Å². The maximum absolute atomic E-state index is 12.8. The Balaban J connectivity index is 1.83. The molecule has 6 nitrogen and oxygen atoms in total. The number of fused-ring (bicyclic) bond motifs is 1. The van der Waals surface area contributed by atoms with E-state index in [-0.39, 0.29) is 23.6 Å². The van der Waals surface area contributed by atoms with Crippen LogP contribution in [0.2, 0.25) is 0 Å². The standard InChI is InChI=1S/C17H22N2O4/c1-10(2)23-14-8-4-7-13(18-14)16(20)19-9-11-5-3-6-12(11)15(19)17(21)22/h4,7-8,10-12,15H,3,5-6,9H2,1-2H3,(H,21,22)/t11-,12+,15-/m0/s1. The van der Waals surface area contributed by atoms with Crippen molar-refractivity contribution in [3.05, 3.63) is 23.9 Å². The normalized spacial score (nSPS) is 26.4. The maximum atomic E-state index is 12.8. The summed E-state index contributed by atoms with van der Waals surface area (Å²) in [5.74, 6) is -0.470. The van der Waals surface area contributed by atoms with Gasteiger partial charge in [0.05, 0.1) is 6.10 Å². The Morgan fingerprint density at radius 1 is 1.35 bits per heavy atom. The summed E-state index contributed by atoms with van der Waals surface area (Å²) >= 11 is 0. The lowest BCUT2D eigenvalue weighted by Gasteiger charge is -2.24.